The maximum atomic E-state index is 4.54. The first kappa shape index (κ1) is 11.6. The lowest BCUT2D eigenvalue weighted by atomic mass is 9.84. The van der Waals surface area contributed by atoms with Crippen molar-refractivity contribution in [3.63, 3.8) is 0 Å². The summed E-state index contributed by atoms with van der Waals surface area (Å²) < 4.78 is 0.521. The Hall–Kier alpha value is 0.170. The van der Waals surface area contributed by atoms with Gasteiger partial charge in [-0.25, -0.2) is 0 Å². The van der Waals surface area contributed by atoms with Gasteiger partial charge in [0.25, 0.3) is 0 Å². The third kappa shape index (κ3) is 2.64. The van der Waals surface area contributed by atoms with Gasteiger partial charge in [-0.2, -0.15) is 11.8 Å². The van der Waals surface area contributed by atoms with Gasteiger partial charge in [0.05, 0.1) is 6.54 Å². The summed E-state index contributed by atoms with van der Waals surface area (Å²) in [6.45, 7) is 4.36. The summed E-state index contributed by atoms with van der Waals surface area (Å²) in [6, 6.07) is 0. The van der Waals surface area contributed by atoms with Gasteiger partial charge in [-0.15, -0.1) is 0 Å². The summed E-state index contributed by atoms with van der Waals surface area (Å²) in [5.74, 6) is 0. The predicted molar refractivity (Wildman–Crippen MR) is 72.1 cm³/mol. The van der Waals surface area contributed by atoms with Gasteiger partial charge in [0.15, 0.2) is 5.17 Å². The quantitative estimate of drug-likeness (QED) is 0.823. The monoisotopic (exact) mass is 244 g/mol. The van der Waals surface area contributed by atoms with E-state index in [1.165, 1.54) is 30.9 Å². The van der Waals surface area contributed by atoms with Crippen molar-refractivity contribution in [2.75, 3.05) is 19.3 Å². The third-order valence-corrected chi connectivity index (χ3v) is 6.16. The maximum Gasteiger partial charge on any atom is 0.156 e. The summed E-state index contributed by atoms with van der Waals surface area (Å²) in [5.41, 5.74) is 0. The Bertz CT molecular complexity index is 243. The average Bonchev–Trinajstić information content (AvgIpc) is 2.65. The smallest absolute Gasteiger partial charge is 0.156 e. The molecule has 1 fully saturated rings. The second-order valence-electron chi connectivity index (χ2n) is 4.39. The third-order valence-electron chi connectivity index (χ3n) is 3.43. The molecule has 2 nitrogen and oxygen atoms in total. The molecule has 2 rings (SSSR count). The van der Waals surface area contributed by atoms with Crippen LogP contribution in [0.25, 0.3) is 0 Å². The van der Waals surface area contributed by atoms with Gasteiger partial charge >= 0.3 is 0 Å². The lowest BCUT2D eigenvalue weighted by molar-refractivity contribution is 0.362. The highest BCUT2D eigenvalue weighted by Crippen LogP contribution is 2.42. The maximum absolute atomic E-state index is 4.54. The first-order chi connectivity index (χ1) is 7.28. The predicted octanol–water partition coefficient (Wildman–Crippen LogP) is 2.74. The van der Waals surface area contributed by atoms with Gasteiger partial charge in [0.1, 0.15) is 0 Å². The van der Waals surface area contributed by atoms with E-state index in [2.05, 4.69) is 23.5 Å². The van der Waals surface area contributed by atoms with Crippen LogP contribution in [0.5, 0.6) is 0 Å². The summed E-state index contributed by atoms with van der Waals surface area (Å²) in [4.78, 5) is 4.54. The molecular formula is C11H20N2S2. The topological polar surface area (TPSA) is 24.4 Å². The molecule has 0 radical (unpaired) electrons. The molecule has 0 saturated heterocycles. The van der Waals surface area contributed by atoms with E-state index in [0.717, 1.165) is 18.3 Å². The van der Waals surface area contributed by atoms with Crippen LogP contribution in [0.1, 0.15) is 32.6 Å². The number of rotatable bonds is 4. The van der Waals surface area contributed by atoms with E-state index in [1.807, 2.05) is 23.5 Å². The lowest BCUT2D eigenvalue weighted by Gasteiger charge is -2.40. The SMILES string of the molecule is CCC1CN=C(NCC2(SC)CCC2)S1. The molecule has 0 aromatic heterocycles. The summed E-state index contributed by atoms with van der Waals surface area (Å²) in [7, 11) is 0. The Morgan fingerprint density at radius 2 is 2.40 bits per heavy atom. The molecule has 1 N–H and O–H groups in total. The van der Waals surface area contributed by atoms with Crippen LogP contribution < -0.4 is 5.32 Å². The van der Waals surface area contributed by atoms with Crippen molar-refractivity contribution in [2.24, 2.45) is 4.99 Å². The first-order valence-electron chi connectivity index (χ1n) is 5.78. The van der Waals surface area contributed by atoms with Crippen molar-refractivity contribution in [3.05, 3.63) is 0 Å². The Morgan fingerprint density at radius 1 is 1.60 bits per heavy atom. The van der Waals surface area contributed by atoms with E-state index in [9.17, 15) is 0 Å². The highest BCUT2D eigenvalue weighted by atomic mass is 32.2. The van der Waals surface area contributed by atoms with Crippen molar-refractivity contribution in [3.8, 4) is 0 Å². The number of nitrogens with one attached hydrogen (secondary N) is 1. The van der Waals surface area contributed by atoms with E-state index in [-0.39, 0.29) is 0 Å². The van der Waals surface area contributed by atoms with Crippen LogP contribution in [0.3, 0.4) is 0 Å². The fourth-order valence-electron chi connectivity index (χ4n) is 1.99. The highest BCUT2D eigenvalue weighted by molar-refractivity contribution is 8.14. The number of thioether (sulfide) groups is 2. The van der Waals surface area contributed by atoms with E-state index >= 15 is 0 Å². The van der Waals surface area contributed by atoms with Gasteiger partial charge in [-0.05, 0) is 25.5 Å². The molecule has 1 heterocycles. The Morgan fingerprint density at radius 3 is 2.87 bits per heavy atom. The van der Waals surface area contributed by atoms with Crippen molar-refractivity contribution in [1.29, 1.82) is 0 Å². The minimum absolute atomic E-state index is 0.521. The van der Waals surface area contributed by atoms with Crippen LogP contribution in [0, 0.1) is 0 Å². The van der Waals surface area contributed by atoms with Crippen LogP contribution in [0.15, 0.2) is 4.99 Å². The molecule has 1 aliphatic carbocycles. The molecule has 0 aromatic carbocycles. The van der Waals surface area contributed by atoms with Gasteiger partial charge in [0, 0.05) is 16.5 Å². The highest BCUT2D eigenvalue weighted by Gasteiger charge is 2.36. The summed E-state index contributed by atoms with van der Waals surface area (Å²) in [5, 5.41) is 5.44. The Labute approximate surface area is 101 Å². The molecular weight excluding hydrogens is 224 g/mol. The van der Waals surface area contributed by atoms with E-state index in [0.29, 0.717) is 4.75 Å². The van der Waals surface area contributed by atoms with Crippen LogP contribution in [0.4, 0.5) is 0 Å². The number of nitrogens with zero attached hydrogens (tertiary/aromatic N) is 1. The minimum Gasteiger partial charge on any atom is -0.364 e. The first-order valence-corrected chi connectivity index (χ1v) is 7.88. The molecule has 86 valence electrons. The molecule has 1 saturated carbocycles. The Kier molecular flexibility index (Phi) is 3.88. The fraction of sp³-hybridized carbons (Fsp3) is 0.909. The number of amidine groups is 1. The van der Waals surface area contributed by atoms with Crippen molar-refractivity contribution >= 4 is 28.7 Å². The second kappa shape index (κ2) is 5.00. The fourth-order valence-corrected chi connectivity index (χ4v) is 3.84. The number of hydrogen-bond acceptors (Lipinski definition) is 4. The standard InChI is InChI=1S/C11H20N2S2/c1-3-9-7-12-10(15-9)13-8-11(14-2)5-4-6-11/h9H,3-8H2,1-2H3,(H,12,13). The molecule has 0 amide bonds. The molecule has 0 spiro atoms. The zero-order valence-electron chi connectivity index (χ0n) is 9.58. The molecule has 0 bridgehead atoms. The summed E-state index contributed by atoms with van der Waals surface area (Å²) >= 11 is 3.95. The van der Waals surface area contributed by atoms with E-state index in [1.54, 1.807) is 0 Å². The lowest BCUT2D eigenvalue weighted by Crippen LogP contribution is -2.44. The molecule has 1 aliphatic heterocycles. The van der Waals surface area contributed by atoms with Crippen molar-refractivity contribution in [2.45, 2.75) is 42.6 Å². The Balaban J connectivity index is 1.74. The largest absolute Gasteiger partial charge is 0.364 e. The number of aliphatic imine (C=N–C) groups is 1. The van der Waals surface area contributed by atoms with Gasteiger partial charge in [-0.3, -0.25) is 4.99 Å². The minimum atomic E-state index is 0.521. The zero-order valence-corrected chi connectivity index (χ0v) is 11.2. The average molecular weight is 244 g/mol. The van der Waals surface area contributed by atoms with Crippen LogP contribution in [-0.2, 0) is 0 Å². The molecule has 2 aliphatic rings. The van der Waals surface area contributed by atoms with E-state index in [4.69, 9.17) is 0 Å². The van der Waals surface area contributed by atoms with Crippen molar-refractivity contribution in [1.82, 2.24) is 5.32 Å². The molecule has 4 heteroatoms. The van der Waals surface area contributed by atoms with Gasteiger partial charge in [0.2, 0.25) is 0 Å². The van der Waals surface area contributed by atoms with Gasteiger partial charge < -0.3 is 5.32 Å². The van der Waals surface area contributed by atoms with Gasteiger partial charge in [-0.1, -0.05) is 25.1 Å². The summed E-state index contributed by atoms with van der Waals surface area (Å²) in [6.07, 6.45) is 7.61. The van der Waals surface area contributed by atoms with E-state index < -0.39 is 0 Å². The number of hydrogen-bond donors (Lipinski definition) is 1. The van der Waals surface area contributed by atoms with Crippen LogP contribution >= 0.6 is 23.5 Å². The van der Waals surface area contributed by atoms with Crippen LogP contribution in [0.2, 0.25) is 0 Å². The molecule has 1 unspecified atom stereocenters. The second-order valence-corrected chi connectivity index (χ2v) is 6.95. The zero-order chi connectivity index (χ0) is 10.7. The van der Waals surface area contributed by atoms with Crippen LogP contribution in [-0.4, -0.2) is 34.5 Å². The molecule has 15 heavy (non-hydrogen) atoms. The van der Waals surface area contributed by atoms with Crippen molar-refractivity contribution < 1.29 is 0 Å². The molecule has 1 atom stereocenters. The normalized spacial score (nSPS) is 28.4. The molecule has 0 aromatic rings.